The predicted molar refractivity (Wildman–Crippen MR) is 144 cm³/mol. The van der Waals surface area contributed by atoms with Crippen molar-refractivity contribution in [2.24, 2.45) is 0 Å². The van der Waals surface area contributed by atoms with E-state index in [-0.39, 0.29) is 11.5 Å². The van der Waals surface area contributed by atoms with Crippen LogP contribution in [0.15, 0.2) is 58.4 Å². The van der Waals surface area contributed by atoms with E-state index in [1.165, 1.54) is 27.3 Å². The Morgan fingerprint density at radius 1 is 1.14 bits per heavy atom. The lowest BCUT2D eigenvalue weighted by atomic mass is 9.99. The third kappa shape index (κ3) is 4.76. The monoisotopic (exact) mass is 506 g/mol. The van der Waals surface area contributed by atoms with Crippen LogP contribution in [0.3, 0.4) is 0 Å². The van der Waals surface area contributed by atoms with Crippen molar-refractivity contribution in [2.75, 3.05) is 31.2 Å². The zero-order chi connectivity index (χ0) is 24.4. The van der Waals surface area contributed by atoms with E-state index < -0.39 is 0 Å². The van der Waals surface area contributed by atoms with Gasteiger partial charge in [-0.1, -0.05) is 54.3 Å². The molecule has 35 heavy (non-hydrogen) atoms. The van der Waals surface area contributed by atoms with Crippen molar-refractivity contribution < 1.29 is 9.53 Å². The summed E-state index contributed by atoms with van der Waals surface area (Å²) in [6, 6.07) is 13.8. The number of hydrogen-bond donors (Lipinski definition) is 0. The standard InChI is InChI=1S/C26H26N4O3S2/c1-2-33-15-7-13-30-25(32)21(35-26(30)34)16-20-23(27-22-10-5-6-12-29(22)24(20)31)28-14-11-18-8-3-4-9-19(18)17-28/h3-6,8-10,12,16H,2,7,11,13-15,17H2,1H3. The number of benzene rings is 1. The number of ether oxygens (including phenoxy) is 1. The Kier molecular flexibility index (Phi) is 6.99. The maximum absolute atomic E-state index is 13.6. The minimum atomic E-state index is -0.203. The third-order valence-corrected chi connectivity index (χ3v) is 7.58. The molecule has 0 radical (unpaired) electrons. The molecule has 0 bridgehead atoms. The first kappa shape index (κ1) is 23.7. The molecule has 0 saturated carbocycles. The number of carbonyl (C=O) groups excluding carboxylic acids is 1. The van der Waals surface area contributed by atoms with Crippen LogP contribution in [0, 0.1) is 0 Å². The molecule has 2 aliphatic rings. The molecule has 1 aromatic carbocycles. The lowest BCUT2D eigenvalue weighted by Gasteiger charge is -2.30. The fourth-order valence-electron chi connectivity index (χ4n) is 4.43. The van der Waals surface area contributed by atoms with E-state index in [0.717, 1.165) is 13.0 Å². The van der Waals surface area contributed by atoms with E-state index >= 15 is 0 Å². The largest absolute Gasteiger partial charge is 0.382 e. The van der Waals surface area contributed by atoms with E-state index in [0.29, 0.717) is 59.0 Å². The zero-order valence-electron chi connectivity index (χ0n) is 19.5. The summed E-state index contributed by atoms with van der Waals surface area (Å²) >= 11 is 6.71. The van der Waals surface area contributed by atoms with Crippen LogP contribution >= 0.6 is 24.0 Å². The van der Waals surface area contributed by atoms with Crippen molar-refractivity contribution in [2.45, 2.75) is 26.3 Å². The van der Waals surface area contributed by atoms with Crippen LogP contribution in [0.25, 0.3) is 11.7 Å². The molecule has 0 spiro atoms. The summed E-state index contributed by atoms with van der Waals surface area (Å²) in [7, 11) is 0. The summed E-state index contributed by atoms with van der Waals surface area (Å²) in [4.78, 5) is 35.8. The van der Waals surface area contributed by atoms with Crippen molar-refractivity contribution in [3.05, 3.63) is 80.6 Å². The lowest BCUT2D eigenvalue weighted by Crippen LogP contribution is -2.34. The average Bonchev–Trinajstić information content (AvgIpc) is 3.15. The first-order valence-corrected chi connectivity index (χ1v) is 13.0. The van der Waals surface area contributed by atoms with Crippen molar-refractivity contribution in [1.29, 1.82) is 0 Å². The Morgan fingerprint density at radius 3 is 2.77 bits per heavy atom. The number of nitrogens with zero attached hydrogens (tertiary/aromatic N) is 4. The summed E-state index contributed by atoms with van der Waals surface area (Å²) < 4.78 is 7.41. The molecule has 1 fully saturated rings. The van der Waals surface area contributed by atoms with Crippen molar-refractivity contribution in [3.8, 4) is 0 Å². The summed E-state index contributed by atoms with van der Waals surface area (Å²) in [5.41, 5.74) is 3.32. The Morgan fingerprint density at radius 2 is 1.94 bits per heavy atom. The summed E-state index contributed by atoms with van der Waals surface area (Å²) in [6.07, 6.45) is 4.95. The molecule has 0 aliphatic carbocycles. The number of thioether (sulfide) groups is 1. The molecule has 0 unspecified atom stereocenters. The second-order valence-corrected chi connectivity index (χ2v) is 10.1. The molecular weight excluding hydrogens is 480 g/mol. The topological polar surface area (TPSA) is 67.2 Å². The smallest absolute Gasteiger partial charge is 0.267 e. The summed E-state index contributed by atoms with van der Waals surface area (Å²) in [5.74, 6) is 0.418. The number of thiocarbonyl (C=S) groups is 1. The van der Waals surface area contributed by atoms with Crippen LogP contribution in [-0.4, -0.2) is 50.8 Å². The van der Waals surface area contributed by atoms with Gasteiger partial charge < -0.3 is 9.64 Å². The highest BCUT2D eigenvalue weighted by Crippen LogP contribution is 2.34. The van der Waals surface area contributed by atoms with E-state index in [9.17, 15) is 9.59 Å². The number of anilines is 1. The second kappa shape index (κ2) is 10.3. The number of hydrogen-bond acceptors (Lipinski definition) is 7. The lowest BCUT2D eigenvalue weighted by molar-refractivity contribution is -0.122. The Labute approximate surface area is 213 Å². The SMILES string of the molecule is CCOCCCN1C(=O)C(=Cc2c(N3CCc4ccccc4C3)nc3ccccn3c2=O)SC1=S. The minimum absolute atomic E-state index is 0.177. The number of amides is 1. The van der Waals surface area contributed by atoms with Gasteiger partial charge in [-0.05, 0) is 49.1 Å². The van der Waals surface area contributed by atoms with Crippen LogP contribution in [0.4, 0.5) is 5.82 Å². The van der Waals surface area contributed by atoms with Crippen LogP contribution in [0.1, 0.15) is 30.0 Å². The summed E-state index contributed by atoms with van der Waals surface area (Å²) in [6.45, 7) is 5.05. The quantitative estimate of drug-likeness (QED) is 0.274. The van der Waals surface area contributed by atoms with Crippen LogP contribution in [0.5, 0.6) is 0 Å². The maximum atomic E-state index is 13.6. The number of pyridine rings is 1. The first-order valence-electron chi connectivity index (χ1n) is 11.7. The molecule has 1 amide bonds. The highest BCUT2D eigenvalue weighted by atomic mass is 32.2. The molecule has 180 valence electrons. The van der Waals surface area contributed by atoms with Crippen LogP contribution in [-0.2, 0) is 22.5 Å². The Hall–Kier alpha value is -3.01. The van der Waals surface area contributed by atoms with Gasteiger partial charge >= 0.3 is 0 Å². The van der Waals surface area contributed by atoms with Crippen molar-refractivity contribution in [1.82, 2.24) is 14.3 Å². The Bertz CT molecular complexity index is 1380. The van der Waals surface area contributed by atoms with Gasteiger partial charge in [0.05, 0.1) is 10.5 Å². The van der Waals surface area contributed by atoms with Gasteiger partial charge in [0.25, 0.3) is 11.5 Å². The average molecular weight is 507 g/mol. The molecule has 7 nitrogen and oxygen atoms in total. The molecule has 0 atom stereocenters. The fourth-order valence-corrected chi connectivity index (χ4v) is 5.72. The van der Waals surface area contributed by atoms with Gasteiger partial charge in [-0.25, -0.2) is 4.98 Å². The number of fused-ring (bicyclic) bond motifs is 2. The van der Waals surface area contributed by atoms with Gasteiger partial charge in [-0.15, -0.1) is 0 Å². The first-order chi connectivity index (χ1) is 17.1. The molecule has 1 saturated heterocycles. The molecular formula is C26H26N4O3S2. The molecule has 0 N–H and O–H groups in total. The molecule has 5 rings (SSSR count). The molecule has 2 aliphatic heterocycles. The number of aromatic nitrogens is 2. The minimum Gasteiger partial charge on any atom is -0.382 e. The molecule has 4 heterocycles. The molecule has 9 heteroatoms. The fraction of sp³-hybridized carbons (Fsp3) is 0.308. The van der Waals surface area contributed by atoms with Crippen molar-refractivity contribution in [3.63, 3.8) is 0 Å². The summed E-state index contributed by atoms with van der Waals surface area (Å²) in [5, 5.41) is 0. The number of carbonyl (C=O) groups is 1. The van der Waals surface area contributed by atoms with Gasteiger partial charge in [0.1, 0.15) is 15.8 Å². The predicted octanol–water partition coefficient (Wildman–Crippen LogP) is 3.89. The van der Waals surface area contributed by atoms with E-state index in [1.54, 1.807) is 23.2 Å². The van der Waals surface area contributed by atoms with E-state index in [1.807, 2.05) is 25.1 Å². The van der Waals surface area contributed by atoms with Gasteiger partial charge in [-0.2, -0.15) is 0 Å². The third-order valence-electron chi connectivity index (χ3n) is 6.20. The maximum Gasteiger partial charge on any atom is 0.267 e. The van der Waals surface area contributed by atoms with Crippen LogP contribution in [0.2, 0.25) is 0 Å². The molecule has 3 aromatic rings. The van der Waals surface area contributed by atoms with E-state index in [2.05, 4.69) is 23.1 Å². The van der Waals surface area contributed by atoms with Gasteiger partial charge in [-0.3, -0.25) is 18.9 Å². The van der Waals surface area contributed by atoms with Gasteiger partial charge in [0, 0.05) is 39.0 Å². The Balaban J connectivity index is 1.53. The second-order valence-electron chi connectivity index (χ2n) is 8.41. The van der Waals surface area contributed by atoms with Gasteiger partial charge in [0.2, 0.25) is 0 Å². The van der Waals surface area contributed by atoms with E-state index in [4.69, 9.17) is 21.9 Å². The van der Waals surface area contributed by atoms with Gasteiger partial charge in [0.15, 0.2) is 0 Å². The van der Waals surface area contributed by atoms with Crippen molar-refractivity contribution >= 4 is 51.7 Å². The molecule has 2 aromatic heterocycles. The highest BCUT2D eigenvalue weighted by Gasteiger charge is 2.33. The van der Waals surface area contributed by atoms with Crippen LogP contribution < -0.4 is 10.5 Å². The normalized spacial score (nSPS) is 17.0. The highest BCUT2D eigenvalue weighted by molar-refractivity contribution is 8.26. The zero-order valence-corrected chi connectivity index (χ0v) is 21.1. The number of rotatable bonds is 7.